The van der Waals surface area contributed by atoms with Gasteiger partial charge in [-0.2, -0.15) is 30.6 Å². The fourth-order valence-electron chi connectivity index (χ4n) is 6.19. The van der Waals surface area contributed by atoms with Crippen LogP contribution in [0, 0.1) is 11.8 Å². The second-order valence-corrected chi connectivity index (χ2v) is 12.8. The molecule has 3 atom stereocenters. The van der Waals surface area contributed by atoms with Crippen molar-refractivity contribution in [2.45, 2.75) is 43.3 Å². The predicted molar refractivity (Wildman–Crippen MR) is 121 cm³/mol. The molecule has 1 N–H and O–H groups in total. The largest absolute Gasteiger partial charge is 0.402 e. The Balaban J connectivity index is 1.26. The lowest BCUT2D eigenvalue weighted by atomic mass is 9.79. The molecule has 3 heterocycles. The molecule has 2 saturated heterocycles. The van der Waals surface area contributed by atoms with Gasteiger partial charge in [0, 0.05) is 12.1 Å². The van der Waals surface area contributed by atoms with Gasteiger partial charge in [0.15, 0.2) is 0 Å². The number of nitrogens with one attached hydrogen (secondary N) is 1. The predicted octanol–water partition coefficient (Wildman–Crippen LogP) is 3.84. The van der Waals surface area contributed by atoms with Crippen molar-refractivity contribution < 1.29 is 30.4 Å². The maximum atomic E-state index is 13.2. The summed E-state index contributed by atoms with van der Waals surface area (Å²) in [5.41, 5.74) is 2.04. The van der Waals surface area contributed by atoms with E-state index in [0.717, 1.165) is 29.5 Å². The number of rotatable bonds is 3. The molecule has 2 aliphatic carbocycles. The molecule has 2 bridgehead atoms. The molecule has 190 valence electrons. The van der Waals surface area contributed by atoms with Gasteiger partial charge in [0.2, 0.25) is 0 Å². The molecular formula is C22H23F5N4O2S2. The van der Waals surface area contributed by atoms with Crippen molar-refractivity contribution in [2.75, 3.05) is 31.1 Å². The highest BCUT2D eigenvalue weighted by molar-refractivity contribution is 7.87. The lowest BCUT2D eigenvalue weighted by molar-refractivity contribution is -0.136. The van der Waals surface area contributed by atoms with Gasteiger partial charge in [0.05, 0.1) is 24.8 Å². The van der Waals surface area contributed by atoms with E-state index >= 15 is 0 Å². The van der Waals surface area contributed by atoms with Gasteiger partial charge in [-0.05, 0) is 54.7 Å². The third-order valence-corrected chi connectivity index (χ3v) is 10.5. The van der Waals surface area contributed by atoms with E-state index in [0.29, 0.717) is 27.2 Å². The summed E-state index contributed by atoms with van der Waals surface area (Å²) in [7, 11) is -4.22. The Bertz CT molecular complexity index is 1270. The molecule has 0 amide bonds. The SMILES string of the molecule is O=S1(=O)N[C@@]2(CN1CC(F)(F)F)[C@@H]1CC[C@H]2Cc2ccc(-c3ncc(N4CC(F)(F)C4)s3)cc2C1. The Morgan fingerprint density at radius 3 is 2.43 bits per heavy atom. The summed E-state index contributed by atoms with van der Waals surface area (Å²) in [6.45, 7) is -2.30. The van der Waals surface area contributed by atoms with E-state index in [9.17, 15) is 30.4 Å². The highest BCUT2D eigenvalue weighted by atomic mass is 32.2. The molecule has 35 heavy (non-hydrogen) atoms. The molecule has 0 radical (unpaired) electrons. The van der Waals surface area contributed by atoms with Gasteiger partial charge < -0.3 is 4.90 Å². The van der Waals surface area contributed by atoms with Crippen molar-refractivity contribution in [2.24, 2.45) is 11.8 Å². The quantitative estimate of drug-likeness (QED) is 0.608. The highest BCUT2D eigenvalue weighted by Crippen LogP contribution is 2.51. The van der Waals surface area contributed by atoms with Crippen LogP contribution in [-0.2, 0) is 23.1 Å². The van der Waals surface area contributed by atoms with Crippen LogP contribution in [0.15, 0.2) is 24.4 Å². The highest BCUT2D eigenvalue weighted by Gasteiger charge is 2.60. The number of hydrogen-bond donors (Lipinski definition) is 1. The first-order chi connectivity index (χ1) is 16.3. The molecule has 3 fully saturated rings. The van der Waals surface area contributed by atoms with Crippen LogP contribution in [0.5, 0.6) is 0 Å². The van der Waals surface area contributed by atoms with E-state index < -0.39 is 34.4 Å². The summed E-state index contributed by atoms with van der Waals surface area (Å²) < 4.78 is 94.1. The van der Waals surface area contributed by atoms with Gasteiger partial charge in [0.1, 0.15) is 16.6 Å². The van der Waals surface area contributed by atoms with Crippen LogP contribution >= 0.6 is 11.3 Å². The number of aromatic nitrogens is 1. The lowest BCUT2D eigenvalue weighted by Crippen LogP contribution is -2.56. The second kappa shape index (κ2) is 7.59. The zero-order valence-electron chi connectivity index (χ0n) is 18.5. The smallest absolute Gasteiger partial charge is 0.350 e. The normalized spacial score (nSPS) is 31.4. The number of nitrogens with zero attached hydrogens (tertiary/aromatic N) is 3. The van der Waals surface area contributed by atoms with Gasteiger partial charge in [0.25, 0.3) is 16.1 Å². The molecule has 2 aliphatic heterocycles. The first-order valence-corrected chi connectivity index (χ1v) is 13.7. The van der Waals surface area contributed by atoms with Crippen LogP contribution in [0.4, 0.5) is 27.0 Å². The fourth-order valence-corrected chi connectivity index (χ4v) is 8.81. The number of alkyl halides is 5. The van der Waals surface area contributed by atoms with E-state index in [1.165, 1.54) is 11.3 Å². The molecule has 2 aromatic rings. The van der Waals surface area contributed by atoms with Crippen LogP contribution in [-0.4, -0.2) is 61.5 Å². The van der Waals surface area contributed by atoms with Crippen LogP contribution in [0.1, 0.15) is 24.0 Å². The molecule has 13 heteroatoms. The van der Waals surface area contributed by atoms with Crippen molar-refractivity contribution in [1.82, 2.24) is 14.0 Å². The average Bonchev–Trinajstić information content (AvgIpc) is 3.35. The van der Waals surface area contributed by atoms with Crippen molar-refractivity contribution in [3.05, 3.63) is 35.5 Å². The molecule has 1 spiro atoms. The number of hydrogen-bond acceptors (Lipinski definition) is 5. The summed E-state index contributed by atoms with van der Waals surface area (Å²) in [6, 6.07) is 5.91. The van der Waals surface area contributed by atoms with E-state index in [4.69, 9.17) is 0 Å². The fraction of sp³-hybridized carbons (Fsp3) is 0.591. The molecule has 4 aliphatic rings. The van der Waals surface area contributed by atoms with E-state index in [-0.39, 0.29) is 31.5 Å². The minimum absolute atomic E-state index is 0.0906. The standard InChI is InChI=1S/C22H23F5N4O2S2/c23-20(24)9-30(10-20)18-8-28-19(34-18)14-2-1-13-6-16-3-4-17(7-15(13)5-14)21(16)11-31(12-22(25,26)27)35(32,33)29-21/h1-2,5,8,16-17,29H,3-4,6-7,9-12H2/t16-,17+,21+/m0/s1. The summed E-state index contributed by atoms with van der Waals surface area (Å²) in [5, 5.41) is 1.39. The Kier molecular flexibility index (Phi) is 5.11. The topological polar surface area (TPSA) is 65.5 Å². The summed E-state index contributed by atoms with van der Waals surface area (Å²) >= 11 is 1.34. The zero-order valence-corrected chi connectivity index (χ0v) is 20.1. The number of benzene rings is 1. The van der Waals surface area contributed by atoms with Crippen LogP contribution in [0.2, 0.25) is 0 Å². The summed E-state index contributed by atoms with van der Waals surface area (Å²) in [5.74, 6) is -2.87. The summed E-state index contributed by atoms with van der Waals surface area (Å²) in [6.07, 6.45) is -0.383. The Hall–Kier alpha value is -1.83. The van der Waals surface area contributed by atoms with Crippen molar-refractivity contribution in [1.29, 1.82) is 0 Å². The van der Waals surface area contributed by atoms with Crippen molar-refractivity contribution in [3.8, 4) is 10.6 Å². The van der Waals surface area contributed by atoms with Gasteiger partial charge in [-0.1, -0.05) is 23.5 Å². The Labute approximate surface area is 203 Å². The number of fused-ring (bicyclic) bond motifs is 1. The van der Waals surface area contributed by atoms with E-state index in [2.05, 4.69) is 9.71 Å². The lowest BCUT2D eigenvalue weighted by Gasteiger charge is -2.39. The van der Waals surface area contributed by atoms with Crippen molar-refractivity contribution in [3.63, 3.8) is 0 Å². The third kappa shape index (κ3) is 4.04. The Morgan fingerprint density at radius 1 is 1.09 bits per heavy atom. The number of halogens is 5. The minimum Gasteiger partial charge on any atom is -0.350 e. The van der Waals surface area contributed by atoms with Gasteiger partial charge in [-0.3, -0.25) is 0 Å². The molecular weight excluding hydrogens is 511 g/mol. The monoisotopic (exact) mass is 534 g/mol. The summed E-state index contributed by atoms with van der Waals surface area (Å²) in [4.78, 5) is 6.01. The molecule has 6 nitrogen and oxygen atoms in total. The maximum Gasteiger partial charge on any atom is 0.402 e. The Morgan fingerprint density at radius 2 is 1.77 bits per heavy atom. The molecule has 0 unspecified atom stereocenters. The minimum atomic E-state index is -4.61. The molecule has 1 saturated carbocycles. The second-order valence-electron chi connectivity index (χ2n) is 10.1. The first-order valence-electron chi connectivity index (χ1n) is 11.4. The van der Waals surface area contributed by atoms with Crippen molar-refractivity contribution >= 4 is 26.5 Å². The van der Waals surface area contributed by atoms with Gasteiger partial charge >= 0.3 is 6.18 Å². The molecule has 1 aromatic heterocycles. The van der Waals surface area contributed by atoms with E-state index in [1.54, 1.807) is 11.1 Å². The van der Waals surface area contributed by atoms with Gasteiger partial charge in [-0.15, -0.1) is 0 Å². The van der Waals surface area contributed by atoms with E-state index in [1.807, 2.05) is 18.2 Å². The van der Waals surface area contributed by atoms with Crippen LogP contribution < -0.4 is 9.62 Å². The zero-order chi connectivity index (χ0) is 24.8. The van der Waals surface area contributed by atoms with Crippen LogP contribution in [0.25, 0.3) is 10.6 Å². The number of anilines is 1. The first kappa shape index (κ1) is 23.6. The van der Waals surface area contributed by atoms with Crippen LogP contribution in [0.3, 0.4) is 0 Å². The van der Waals surface area contributed by atoms with Gasteiger partial charge in [-0.25, -0.2) is 13.8 Å². The molecule has 6 rings (SSSR count). The molecule has 1 aromatic carbocycles. The maximum absolute atomic E-state index is 13.2. The number of thiazole rings is 1. The third-order valence-electron chi connectivity index (χ3n) is 7.81. The average molecular weight is 535 g/mol.